The molecule has 0 aromatic heterocycles. The number of unbranched alkanes of at least 4 members (excludes halogenated alkanes) is 3. The zero-order chi connectivity index (χ0) is 14.6. The first-order valence-corrected chi connectivity index (χ1v) is 8.31. The third kappa shape index (κ3) is 7.06. The molecular formula is C18H32N2. The van der Waals surface area contributed by atoms with E-state index in [2.05, 4.69) is 55.3 Å². The Morgan fingerprint density at radius 2 is 1.50 bits per heavy atom. The van der Waals surface area contributed by atoms with Crippen LogP contribution in [0.5, 0.6) is 0 Å². The van der Waals surface area contributed by atoms with Gasteiger partial charge < -0.3 is 5.32 Å². The summed E-state index contributed by atoms with van der Waals surface area (Å²) >= 11 is 0. The van der Waals surface area contributed by atoms with Gasteiger partial charge in [0.2, 0.25) is 0 Å². The van der Waals surface area contributed by atoms with Crippen molar-refractivity contribution in [2.75, 3.05) is 19.6 Å². The molecule has 1 aromatic carbocycles. The lowest BCUT2D eigenvalue weighted by molar-refractivity contribution is 0.296. The van der Waals surface area contributed by atoms with Gasteiger partial charge in [-0.15, -0.1) is 0 Å². The van der Waals surface area contributed by atoms with Crippen molar-refractivity contribution >= 4 is 0 Å². The van der Waals surface area contributed by atoms with Crippen LogP contribution in [0, 0.1) is 0 Å². The van der Waals surface area contributed by atoms with E-state index in [9.17, 15) is 0 Å². The van der Waals surface area contributed by atoms with E-state index in [4.69, 9.17) is 0 Å². The quantitative estimate of drug-likeness (QED) is 0.609. The molecule has 20 heavy (non-hydrogen) atoms. The molecule has 0 aliphatic heterocycles. The van der Waals surface area contributed by atoms with E-state index in [-0.39, 0.29) is 0 Å². The van der Waals surface area contributed by atoms with Crippen LogP contribution in [0.15, 0.2) is 24.3 Å². The van der Waals surface area contributed by atoms with Crippen molar-refractivity contribution in [3.05, 3.63) is 35.4 Å². The summed E-state index contributed by atoms with van der Waals surface area (Å²) in [5.41, 5.74) is 2.81. The molecule has 0 unspecified atom stereocenters. The summed E-state index contributed by atoms with van der Waals surface area (Å²) in [4.78, 5) is 2.45. The van der Waals surface area contributed by atoms with Crippen LogP contribution < -0.4 is 5.32 Å². The lowest BCUT2D eigenvalue weighted by Gasteiger charge is -2.18. The maximum atomic E-state index is 3.53. The second-order valence-corrected chi connectivity index (χ2v) is 5.52. The summed E-state index contributed by atoms with van der Waals surface area (Å²) in [6.45, 7) is 12.2. The van der Waals surface area contributed by atoms with Gasteiger partial charge in [-0.25, -0.2) is 0 Å². The molecule has 0 bridgehead atoms. The molecule has 0 saturated carbocycles. The minimum Gasteiger partial charge on any atom is -0.313 e. The van der Waals surface area contributed by atoms with Crippen LogP contribution in [-0.4, -0.2) is 24.5 Å². The van der Waals surface area contributed by atoms with Gasteiger partial charge in [0.15, 0.2) is 0 Å². The predicted molar refractivity (Wildman–Crippen MR) is 88.9 cm³/mol. The highest BCUT2D eigenvalue weighted by atomic mass is 15.1. The molecule has 1 aromatic rings. The Bertz CT molecular complexity index is 328. The Labute approximate surface area is 125 Å². The Morgan fingerprint density at radius 3 is 2.10 bits per heavy atom. The van der Waals surface area contributed by atoms with E-state index < -0.39 is 0 Å². The maximum absolute atomic E-state index is 3.53. The smallest absolute Gasteiger partial charge is 0.0233 e. The average molecular weight is 276 g/mol. The molecule has 2 heteroatoms. The van der Waals surface area contributed by atoms with Crippen LogP contribution in [-0.2, 0) is 13.1 Å². The SMILES string of the molecule is CCCCCCNCc1ccc(CN(CC)CC)cc1. The number of rotatable bonds is 11. The van der Waals surface area contributed by atoms with Gasteiger partial charge in [0.05, 0.1) is 0 Å². The van der Waals surface area contributed by atoms with Crippen LogP contribution in [0.25, 0.3) is 0 Å². The Kier molecular flexibility index (Phi) is 9.35. The molecule has 0 spiro atoms. The third-order valence-electron chi connectivity index (χ3n) is 3.86. The molecule has 0 saturated heterocycles. The van der Waals surface area contributed by atoms with Crippen LogP contribution in [0.2, 0.25) is 0 Å². The summed E-state index contributed by atoms with van der Waals surface area (Å²) in [6, 6.07) is 9.06. The first kappa shape index (κ1) is 17.2. The monoisotopic (exact) mass is 276 g/mol. The van der Waals surface area contributed by atoms with E-state index >= 15 is 0 Å². The van der Waals surface area contributed by atoms with Gasteiger partial charge in [0.25, 0.3) is 0 Å². The van der Waals surface area contributed by atoms with Crippen LogP contribution in [0.1, 0.15) is 57.6 Å². The lowest BCUT2D eigenvalue weighted by Crippen LogP contribution is -2.22. The molecule has 0 fully saturated rings. The fraction of sp³-hybridized carbons (Fsp3) is 0.667. The molecular weight excluding hydrogens is 244 g/mol. The molecule has 0 aliphatic carbocycles. The molecule has 0 aliphatic rings. The van der Waals surface area contributed by atoms with E-state index in [1.54, 1.807) is 0 Å². The molecule has 1 N–H and O–H groups in total. The van der Waals surface area contributed by atoms with Crippen molar-refractivity contribution in [3.8, 4) is 0 Å². The number of nitrogens with one attached hydrogen (secondary N) is 1. The Balaban J connectivity index is 2.24. The van der Waals surface area contributed by atoms with Crippen molar-refractivity contribution in [2.45, 2.75) is 59.5 Å². The highest BCUT2D eigenvalue weighted by Gasteiger charge is 2.01. The van der Waals surface area contributed by atoms with Crippen molar-refractivity contribution in [1.29, 1.82) is 0 Å². The normalized spacial score (nSPS) is 11.2. The molecule has 1 rings (SSSR count). The third-order valence-corrected chi connectivity index (χ3v) is 3.86. The van der Waals surface area contributed by atoms with Crippen molar-refractivity contribution in [1.82, 2.24) is 10.2 Å². The number of nitrogens with zero attached hydrogens (tertiary/aromatic N) is 1. The number of hydrogen-bond acceptors (Lipinski definition) is 2. The highest BCUT2D eigenvalue weighted by Crippen LogP contribution is 2.07. The lowest BCUT2D eigenvalue weighted by atomic mass is 10.1. The van der Waals surface area contributed by atoms with E-state index in [1.807, 2.05) is 0 Å². The molecule has 114 valence electrons. The fourth-order valence-corrected chi connectivity index (χ4v) is 2.38. The maximum Gasteiger partial charge on any atom is 0.0233 e. The largest absolute Gasteiger partial charge is 0.313 e. The van der Waals surface area contributed by atoms with Crippen LogP contribution >= 0.6 is 0 Å². The van der Waals surface area contributed by atoms with Crippen molar-refractivity contribution in [3.63, 3.8) is 0 Å². The summed E-state index contributed by atoms with van der Waals surface area (Å²) in [5.74, 6) is 0. The molecule has 0 heterocycles. The molecule has 2 nitrogen and oxygen atoms in total. The Morgan fingerprint density at radius 1 is 0.850 bits per heavy atom. The van der Waals surface area contributed by atoms with Crippen LogP contribution in [0.3, 0.4) is 0 Å². The molecule has 0 amide bonds. The average Bonchev–Trinajstić information content (AvgIpc) is 2.49. The number of hydrogen-bond donors (Lipinski definition) is 1. The second kappa shape index (κ2) is 10.9. The number of benzene rings is 1. The van der Waals surface area contributed by atoms with Gasteiger partial charge in [-0.2, -0.15) is 0 Å². The highest BCUT2D eigenvalue weighted by molar-refractivity contribution is 5.22. The van der Waals surface area contributed by atoms with E-state index in [0.29, 0.717) is 0 Å². The van der Waals surface area contributed by atoms with Crippen molar-refractivity contribution < 1.29 is 0 Å². The van der Waals surface area contributed by atoms with Crippen LogP contribution in [0.4, 0.5) is 0 Å². The van der Waals surface area contributed by atoms with Gasteiger partial charge in [-0.05, 0) is 37.2 Å². The first-order valence-electron chi connectivity index (χ1n) is 8.31. The van der Waals surface area contributed by atoms with Gasteiger partial charge in [-0.3, -0.25) is 4.90 Å². The van der Waals surface area contributed by atoms with Gasteiger partial charge in [0, 0.05) is 13.1 Å². The molecule has 0 radical (unpaired) electrons. The topological polar surface area (TPSA) is 15.3 Å². The summed E-state index contributed by atoms with van der Waals surface area (Å²) in [6.07, 6.45) is 5.33. The Hall–Kier alpha value is -0.860. The van der Waals surface area contributed by atoms with Crippen molar-refractivity contribution in [2.24, 2.45) is 0 Å². The summed E-state index contributed by atoms with van der Waals surface area (Å²) < 4.78 is 0. The van der Waals surface area contributed by atoms with Gasteiger partial charge in [-0.1, -0.05) is 64.3 Å². The summed E-state index contributed by atoms with van der Waals surface area (Å²) in [7, 11) is 0. The van der Waals surface area contributed by atoms with E-state index in [0.717, 1.165) is 32.7 Å². The predicted octanol–water partition coefficient (Wildman–Crippen LogP) is 4.20. The van der Waals surface area contributed by atoms with Gasteiger partial charge in [0.1, 0.15) is 0 Å². The zero-order valence-corrected chi connectivity index (χ0v) is 13.6. The first-order chi connectivity index (χ1) is 9.80. The zero-order valence-electron chi connectivity index (χ0n) is 13.6. The standard InChI is InChI=1S/C18H32N2/c1-4-7-8-9-14-19-15-17-10-12-18(13-11-17)16-20(5-2)6-3/h10-13,19H,4-9,14-16H2,1-3H3. The minimum absolute atomic E-state index is 0.998. The molecule has 0 atom stereocenters. The van der Waals surface area contributed by atoms with E-state index in [1.165, 1.54) is 36.8 Å². The van der Waals surface area contributed by atoms with Gasteiger partial charge >= 0.3 is 0 Å². The second-order valence-electron chi connectivity index (χ2n) is 5.52. The minimum atomic E-state index is 0.998. The summed E-state index contributed by atoms with van der Waals surface area (Å²) in [5, 5.41) is 3.53. The fourth-order valence-electron chi connectivity index (χ4n) is 2.38.